The van der Waals surface area contributed by atoms with E-state index in [1.165, 1.54) is 19.3 Å². The number of nitrogens with two attached hydrogens (primary N) is 1. The lowest BCUT2D eigenvalue weighted by atomic mass is 9.87. The van der Waals surface area contributed by atoms with Crippen LogP contribution in [0.2, 0.25) is 0 Å². The van der Waals surface area contributed by atoms with Gasteiger partial charge in [0, 0.05) is 13.5 Å². The van der Waals surface area contributed by atoms with Crippen LogP contribution in [0.4, 0.5) is 11.6 Å². The summed E-state index contributed by atoms with van der Waals surface area (Å²) in [6.07, 6.45) is 7.31. The lowest BCUT2D eigenvalue weighted by molar-refractivity contribution is 0.0993. The van der Waals surface area contributed by atoms with Crippen LogP contribution in [-0.4, -0.2) is 80.7 Å². The minimum atomic E-state index is -0.567. The Bertz CT molecular complexity index is 1010. The van der Waals surface area contributed by atoms with Crippen molar-refractivity contribution in [2.75, 3.05) is 46.7 Å². The molecule has 3 unspecified atom stereocenters. The van der Waals surface area contributed by atoms with Crippen molar-refractivity contribution >= 4 is 17.5 Å². The minimum Gasteiger partial charge on any atom is -0.491 e. The second-order valence-corrected chi connectivity index (χ2v) is 10.1. The number of aromatic nitrogens is 2. The van der Waals surface area contributed by atoms with E-state index in [4.69, 9.17) is 15.5 Å². The summed E-state index contributed by atoms with van der Waals surface area (Å²) in [6.45, 7) is 0.515. The molecule has 8 heteroatoms. The molecule has 0 saturated heterocycles. The Morgan fingerprint density at radius 1 is 1.15 bits per heavy atom. The summed E-state index contributed by atoms with van der Waals surface area (Å²) < 4.78 is 6.61. The number of primary amides is 1. The van der Waals surface area contributed by atoms with Crippen molar-refractivity contribution in [1.82, 2.24) is 19.4 Å². The molecule has 3 atom stereocenters. The molecule has 0 radical (unpaired) electrons. The number of carbonyl (C=O) groups is 1. The molecule has 178 valence electrons. The van der Waals surface area contributed by atoms with Crippen LogP contribution in [0.15, 0.2) is 30.5 Å². The highest BCUT2D eigenvalue weighted by atomic mass is 16.5. The summed E-state index contributed by atoms with van der Waals surface area (Å²) >= 11 is 0. The molecule has 4 rings (SSSR count). The van der Waals surface area contributed by atoms with Crippen LogP contribution >= 0.6 is 0 Å². The number of quaternary nitrogens is 1. The number of benzene rings is 1. The fourth-order valence-electron chi connectivity index (χ4n) is 5.42. The molecule has 1 fully saturated rings. The Morgan fingerprint density at radius 2 is 1.88 bits per heavy atom. The topological polar surface area (TPSA) is 84.6 Å². The van der Waals surface area contributed by atoms with Crippen molar-refractivity contribution in [2.24, 2.45) is 5.73 Å². The van der Waals surface area contributed by atoms with Gasteiger partial charge in [0.05, 0.1) is 26.2 Å². The van der Waals surface area contributed by atoms with Crippen molar-refractivity contribution in [1.29, 1.82) is 0 Å². The highest BCUT2D eigenvalue weighted by Gasteiger charge is 2.42. The van der Waals surface area contributed by atoms with E-state index in [9.17, 15) is 4.79 Å². The van der Waals surface area contributed by atoms with Crippen LogP contribution in [-0.2, 0) is 6.42 Å². The third-order valence-electron chi connectivity index (χ3n) is 7.49. The molecule has 2 N–H and O–H groups in total. The van der Waals surface area contributed by atoms with Gasteiger partial charge in [-0.1, -0.05) is 24.6 Å². The van der Waals surface area contributed by atoms with Crippen LogP contribution in [0.25, 0.3) is 0 Å². The van der Waals surface area contributed by atoms with Crippen LogP contribution in [0.1, 0.15) is 41.7 Å². The monoisotopic (exact) mass is 453 g/mol. The van der Waals surface area contributed by atoms with E-state index in [-0.39, 0.29) is 11.7 Å². The highest BCUT2D eigenvalue weighted by molar-refractivity contribution is 5.95. The van der Waals surface area contributed by atoms with E-state index in [1.54, 1.807) is 6.20 Å². The van der Waals surface area contributed by atoms with Crippen molar-refractivity contribution in [3.63, 3.8) is 0 Å². The van der Waals surface area contributed by atoms with Gasteiger partial charge >= 0.3 is 0 Å². The number of ether oxygens (including phenoxy) is 1. The number of rotatable bonds is 6. The number of anilines is 1. The highest BCUT2D eigenvalue weighted by Crippen LogP contribution is 2.34. The molecule has 2 aromatic rings. The van der Waals surface area contributed by atoms with Gasteiger partial charge in [0.2, 0.25) is 5.82 Å². The first-order chi connectivity index (χ1) is 15.7. The lowest BCUT2D eigenvalue weighted by Crippen LogP contribution is -2.60. The molecule has 1 aliphatic heterocycles. The summed E-state index contributed by atoms with van der Waals surface area (Å²) in [5.74, 6) is 1.72. The zero-order chi connectivity index (χ0) is 23.8. The molecule has 33 heavy (non-hydrogen) atoms. The Kier molecular flexibility index (Phi) is 6.59. The van der Waals surface area contributed by atoms with E-state index in [0.717, 1.165) is 30.0 Å². The van der Waals surface area contributed by atoms with Gasteiger partial charge in [-0.3, -0.25) is 9.28 Å². The predicted octanol–water partition coefficient (Wildman–Crippen LogP) is 2.46. The number of hydrogen-bond acceptors (Lipinski definition) is 6. The van der Waals surface area contributed by atoms with Crippen LogP contribution < -0.4 is 19.9 Å². The first kappa shape index (κ1) is 23.4. The fraction of sp³-hybridized carbons (Fsp3) is 0.560. The van der Waals surface area contributed by atoms with Gasteiger partial charge in [-0.2, -0.15) is 4.98 Å². The van der Waals surface area contributed by atoms with Crippen LogP contribution in [0.5, 0.6) is 5.75 Å². The Morgan fingerprint density at radius 3 is 2.61 bits per heavy atom. The second-order valence-electron chi connectivity index (χ2n) is 10.1. The van der Waals surface area contributed by atoms with E-state index >= 15 is 0 Å². The van der Waals surface area contributed by atoms with Gasteiger partial charge in [0.1, 0.15) is 24.6 Å². The Balaban J connectivity index is 1.68. The number of carbonyl (C=O) groups excluding carboxylic acids is 1. The summed E-state index contributed by atoms with van der Waals surface area (Å²) in [5, 5.41) is 0. The predicted molar refractivity (Wildman–Crippen MR) is 132 cm³/mol. The molecule has 1 aromatic heterocycles. The molecule has 2 aliphatic rings. The molecule has 0 bridgehead atoms. The molecule has 1 amide bonds. The molecule has 1 aliphatic carbocycles. The number of hydrogen-bond donors (Lipinski definition) is 1. The summed E-state index contributed by atoms with van der Waals surface area (Å²) in [6, 6.07) is 8.97. The van der Waals surface area contributed by atoms with Gasteiger partial charge in [-0.05, 0) is 45.0 Å². The SMILES string of the molecule is CN(C)C1CCCCC1[N+](C)(C)c1cnc(C(N)=O)c(N(C)C2COc3ccccc3C2)n1. The molecule has 0 spiro atoms. The van der Waals surface area contributed by atoms with Crippen LogP contribution in [0, 0.1) is 0 Å². The third-order valence-corrected chi connectivity index (χ3v) is 7.49. The maximum absolute atomic E-state index is 12.3. The molecule has 1 aromatic carbocycles. The molecular weight excluding hydrogens is 416 g/mol. The van der Waals surface area contributed by atoms with Gasteiger partial charge in [0.15, 0.2) is 11.5 Å². The standard InChI is InChI=1S/C25H36N6O2/c1-29(2)19-11-7-8-12-20(19)31(4,5)22-15-27-23(24(26)32)25(28-22)30(3)18-14-17-10-6-9-13-21(17)33-16-18/h6,9-10,13,15,18-20H,7-8,11-12,14,16H2,1-5H3,(H-,26,32)/p+1. The zero-order valence-electron chi connectivity index (χ0n) is 20.5. The maximum Gasteiger partial charge on any atom is 0.271 e. The first-order valence-electron chi connectivity index (χ1n) is 11.8. The van der Waals surface area contributed by atoms with Gasteiger partial charge in [-0.25, -0.2) is 4.98 Å². The van der Waals surface area contributed by atoms with E-state index in [0.29, 0.717) is 29.0 Å². The van der Waals surface area contributed by atoms with Crippen molar-refractivity contribution in [3.05, 3.63) is 41.7 Å². The fourth-order valence-corrected chi connectivity index (χ4v) is 5.42. The zero-order valence-corrected chi connectivity index (χ0v) is 20.5. The molecule has 8 nitrogen and oxygen atoms in total. The summed E-state index contributed by atoms with van der Waals surface area (Å²) in [7, 11) is 10.7. The third kappa shape index (κ3) is 4.54. The maximum atomic E-state index is 12.3. The smallest absolute Gasteiger partial charge is 0.271 e. The summed E-state index contributed by atoms with van der Waals surface area (Å²) in [5.41, 5.74) is 7.06. The van der Waals surface area contributed by atoms with E-state index in [1.807, 2.05) is 30.1 Å². The quantitative estimate of drug-likeness (QED) is 0.677. The lowest BCUT2D eigenvalue weighted by Gasteiger charge is -2.45. The molecular formula is C25H37N6O2+. The van der Waals surface area contributed by atoms with E-state index < -0.39 is 5.91 Å². The van der Waals surface area contributed by atoms with Gasteiger partial charge in [0.25, 0.3) is 5.91 Å². The number of nitrogens with zero attached hydrogens (tertiary/aromatic N) is 5. The van der Waals surface area contributed by atoms with Crippen molar-refractivity contribution < 1.29 is 9.53 Å². The summed E-state index contributed by atoms with van der Waals surface area (Å²) in [4.78, 5) is 26.2. The normalized spacial score (nSPS) is 23.0. The number of amides is 1. The number of likely N-dealkylation sites (N-methyl/N-ethyl adjacent to an activating group) is 3. The molecule has 1 saturated carbocycles. The Labute approximate surface area is 196 Å². The van der Waals surface area contributed by atoms with Crippen molar-refractivity contribution in [3.8, 4) is 5.75 Å². The van der Waals surface area contributed by atoms with Gasteiger partial charge in [-0.15, -0.1) is 0 Å². The van der Waals surface area contributed by atoms with Crippen LogP contribution in [0.3, 0.4) is 0 Å². The number of para-hydroxylation sites is 1. The Hall–Kier alpha value is -2.71. The first-order valence-corrected chi connectivity index (χ1v) is 11.8. The minimum absolute atomic E-state index is 0.0300. The molecule has 2 heterocycles. The van der Waals surface area contributed by atoms with Crippen molar-refractivity contribution in [2.45, 2.75) is 50.2 Å². The second kappa shape index (κ2) is 9.27. The average Bonchev–Trinajstić information content (AvgIpc) is 2.82. The van der Waals surface area contributed by atoms with E-state index in [2.05, 4.69) is 44.1 Å². The average molecular weight is 454 g/mol. The largest absolute Gasteiger partial charge is 0.491 e. The van der Waals surface area contributed by atoms with Gasteiger partial charge < -0.3 is 20.3 Å². The number of fused-ring (bicyclic) bond motifs is 1.